The summed E-state index contributed by atoms with van der Waals surface area (Å²) >= 11 is 0. The Morgan fingerprint density at radius 2 is 1.86 bits per heavy atom. The number of nitrogens with zero attached hydrogens (tertiary/aromatic N) is 2. The smallest absolute Gasteiger partial charge is 0.0645 e. The Morgan fingerprint density at radius 3 is 2.29 bits per heavy atom. The van der Waals surface area contributed by atoms with Crippen molar-refractivity contribution in [2.24, 2.45) is 0 Å². The molecule has 3 nitrogen and oxygen atoms in total. The summed E-state index contributed by atoms with van der Waals surface area (Å²) in [6, 6.07) is 3.14. The molecule has 3 aliphatic heterocycles. The highest BCUT2D eigenvalue weighted by molar-refractivity contribution is 5.03. The molecule has 0 aromatic heterocycles. The normalized spacial score (nSPS) is 39.6. The van der Waals surface area contributed by atoms with Gasteiger partial charge in [0.2, 0.25) is 0 Å². The summed E-state index contributed by atoms with van der Waals surface area (Å²) in [5, 5.41) is 0. The Kier molecular flexibility index (Phi) is 2.08. The van der Waals surface area contributed by atoms with Crippen molar-refractivity contribution in [3.8, 4) is 0 Å². The summed E-state index contributed by atoms with van der Waals surface area (Å²) in [7, 11) is 0. The van der Waals surface area contributed by atoms with Crippen LogP contribution in [0.3, 0.4) is 0 Å². The van der Waals surface area contributed by atoms with Crippen LogP contribution in [0.4, 0.5) is 0 Å². The third kappa shape index (κ3) is 1.23. The number of fused-ring (bicyclic) bond motifs is 2. The number of hydrogen-bond acceptors (Lipinski definition) is 3. The molecule has 0 aromatic carbocycles. The van der Waals surface area contributed by atoms with Crippen LogP contribution in [0.25, 0.3) is 0 Å². The molecule has 3 fully saturated rings. The van der Waals surface area contributed by atoms with Gasteiger partial charge in [-0.25, -0.2) is 0 Å². The lowest BCUT2D eigenvalue weighted by Crippen LogP contribution is -2.57. The molecule has 2 atom stereocenters. The van der Waals surface area contributed by atoms with Gasteiger partial charge in [-0.1, -0.05) is 0 Å². The highest BCUT2D eigenvalue weighted by Crippen LogP contribution is 2.34. The van der Waals surface area contributed by atoms with Crippen molar-refractivity contribution >= 4 is 0 Å². The fourth-order valence-electron chi connectivity index (χ4n) is 3.22. The average Bonchev–Trinajstić information content (AvgIpc) is 2.58. The minimum Gasteiger partial charge on any atom is -0.378 e. The van der Waals surface area contributed by atoms with Gasteiger partial charge in [0.15, 0.2) is 0 Å². The van der Waals surface area contributed by atoms with E-state index in [1.54, 1.807) is 0 Å². The van der Waals surface area contributed by atoms with E-state index in [0.717, 1.165) is 37.4 Å². The van der Waals surface area contributed by atoms with Crippen LogP contribution in [-0.4, -0.2) is 60.3 Å². The lowest BCUT2D eigenvalue weighted by molar-refractivity contribution is -0.0816. The maximum atomic E-state index is 5.27. The van der Waals surface area contributed by atoms with E-state index in [0.29, 0.717) is 0 Å². The maximum Gasteiger partial charge on any atom is 0.0645 e. The lowest BCUT2D eigenvalue weighted by atomic mass is 10.1. The van der Waals surface area contributed by atoms with Crippen molar-refractivity contribution in [1.82, 2.24) is 9.80 Å². The quantitative estimate of drug-likeness (QED) is 0.641. The summed E-state index contributed by atoms with van der Waals surface area (Å²) in [5.41, 5.74) is 0. The van der Waals surface area contributed by atoms with Gasteiger partial charge in [0.25, 0.3) is 0 Å². The standard InChI is InChI=1S/C11H20N2O/c1-8(2)12-4-10-3-9(12)5-13(10)11-6-14-7-11/h8-11H,3-7H2,1-2H3. The predicted octanol–water partition coefficient (Wildman–Crippen LogP) is 0.552. The first-order chi connectivity index (χ1) is 6.75. The van der Waals surface area contributed by atoms with Crippen LogP contribution in [0.15, 0.2) is 0 Å². The fourth-order valence-corrected chi connectivity index (χ4v) is 3.22. The molecule has 0 aliphatic carbocycles. The topological polar surface area (TPSA) is 15.7 Å². The van der Waals surface area contributed by atoms with E-state index in [-0.39, 0.29) is 0 Å². The zero-order valence-electron chi connectivity index (χ0n) is 9.15. The SMILES string of the molecule is CC(C)N1CC2CC1CN2C1COC1. The first kappa shape index (κ1) is 9.13. The highest BCUT2D eigenvalue weighted by atomic mass is 16.5. The van der Waals surface area contributed by atoms with Crippen LogP contribution in [-0.2, 0) is 4.74 Å². The van der Waals surface area contributed by atoms with Gasteiger partial charge in [0.1, 0.15) is 0 Å². The summed E-state index contributed by atoms with van der Waals surface area (Å²) < 4.78 is 5.27. The molecule has 0 spiro atoms. The Labute approximate surface area is 86.0 Å². The minimum absolute atomic E-state index is 0.727. The number of hydrogen-bond donors (Lipinski definition) is 0. The van der Waals surface area contributed by atoms with Gasteiger partial charge in [-0.2, -0.15) is 0 Å². The van der Waals surface area contributed by atoms with Crippen molar-refractivity contribution in [2.75, 3.05) is 26.3 Å². The van der Waals surface area contributed by atoms with E-state index in [2.05, 4.69) is 23.6 Å². The van der Waals surface area contributed by atoms with Crippen molar-refractivity contribution in [3.63, 3.8) is 0 Å². The molecule has 0 N–H and O–H groups in total. The number of ether oxygens (including phenoxy) is 1. The molecule has 3 heteroatoms. The summed E-state index contributed by atoms with van der Waals surface area (Å²) in [6.07, 6.45) is 1.40. The van der Waals surface area contributed by atoms with Gasteiger partial charge in [-0.15, -0.1) is 0 Å². The average molecular weight is 196 g/mol. The molecule has 14 heavy (non-hydrogen) atoms. The van der Waals surface area contributed by atoms with Crippen LogP contribution in [0.2, 0.25) is 0 Å². The number of likely N-dealkylation sites (tertiary alicyclic amines) is 2. The van der Waals surface area contributed by atoms with Crippen LogP contribution in [0.1, 0.15) is 20.3 Å². The molecule has 0 saturated carbocycles. The molecule has 0 aromatic rings. The second-order valence-electron chi connectivity index (χ2n) is 5.22. The van der Waals surface area contributed by atoms with Gasteiger partial charge in [-0.05, 0) is 20.3 Å². The van der Waals surface area contributed by atoms with Crippen molar-refractivity contribution in [2.45, 2.75) is 44.4 Å². The molecule has 2 bridgehead atoms. The van der Waals surface area contributed by atoms with Crippen LogP contribution in [0, 0.1) is 0 Å². The third-order valence-electron chi connectivity index (χ3n) is 4.08. The van der Waals surface area contributed by atoms with Crippen molar-refractivity contribution < 1.29 is 4.74 Å². The maximum absolute atomic E-state index is 5.27. The van der Waals surface area contributed by atoms with E-state index in [9.17, 15) is 0 Å². The molecular formula is C11H20N2O. The highest BCUT2D eigenvalue weighted by Gasteiger charge is 2.47. The first-order valence-electron chi connectivity index (χ1n) is 5.85. The monoisotopic (exact) mass is 196 g/mol. The fraction of sp³-hybridized carbons (Fsp3) is 1.00. The van der Waals surface area contributed by atoms with Crippen molar-refractivity contribution in [3.05, 3.63) is 0 Å². The molecule has 3 heterocycles. The predicted molar refractivity (Wildman–Crippen MR) is 55.3 cm³/mol. The molecule has 3 saturated heterocycles. The van der Waals surface area contributed by atoms with Gasteiger partial charge in [0, 0.05) is 31.2 Å². The molecule has 0 amide bonds. The second-order valence-corrected chi connectivity index (χ2v) is 5.22. The molecule has 0 radical (unpaired) electrons. The van der Waals surface area contributed by atoms with E-state index in [4.69, 9.17) is 4.74 Å². The second kappa shape index (κ2) is 3.19. The Hall–Kier alpha value is -0.120. The van der Waals surface area contributed by atoms with E-state index < -0.39 is 0 Å². The molecule has 3 rings (SSSR count). The zero-order valence-corrected chi connectivity index (χ0v) is 9.15. The van der Waals surface area contributed by atoms with Gasteiger partial charge in [0.05, 0.1) is 19.3 Å². The third-order valence-corrected chi connectivity index (χ3v) is 4.08. The summed E-state index contributed by atoms with van der Waals surface area (Å²) in [5.74, 6) is 0. The van der Waals surface area contributed by atoms with Gasteiger partial charge >= 0.3 is 0 Å². The molecule has 2 unspecified atom stereocenters. The Balaban J connectivity index is 1.65. The van der Waals surface area contributed by atoms with Gasteiger partial charge in [-0.3, -0.25) is 9.80 Å². The molecular weight excluding hydrogens is 176 g/mol. The minimum atomic E-state index is 0.727. The molecule has 3 aliphatic rings. The lowest BCUT2D eigenvalue weighted by Gasteiger charge is -2.43. The van der Waals surface area contributed by atoms with Crippen LogP contribution < -0.4 is 0 Å². The van der Waals surface area contributed by atoms with Crippen LogP contribution >= 0.6 is 0 Å². The van der Waals surface area contributed by atoms with E-state index in [1.165, 1.54) is 19.5 Å². The van der Waals surface area contributed by atoms with Crippen LogP contribution in [0.5, 0.6) is 0 Å². The van der Waals surface area contributed by atoms with E-state index >= 15 is 0 Å². The van der Waals surface area contributed by atoms with Gasteiger partial charge < -0.3 is 4.74 Å². The Morgan fingerprint density at radius 1 is 1.07 bits per heavy atom. The molecule has 80 valence electrons. The Bertz CT molecular complexity index is 227. The van der Waals surface area contributed by atoms with Crippen molar-refractivity contribution in [1.29, 1.82) is 0 Å². The number of piperazine rings is 1. The zero-order chi connectivity index (χ0) is 9.71. The number of rotatable bonds is 2. The largest absolute Gasteiger partial charge is 0.378 e. The summed E-state index contributed by atoms with van der Waals surface area (Å²) in [4.78, 5) is 5.35. The van der Waals surface area contributed by atoms with E-state index in [1.807, 2.05) is 0 Å². The summed E-state index contributed by atoms with van der Waals surface area (Å²) in [6.45, 7) is 9.17. The first-order valence-corrected chi connectivity index (χ1v) is 5.85.